The summed E-state index contributed by atoms with van der Waals surface area (Å²) >= 11 is 0. The molecule has 0 aliphatic carbocycles. The first-order valence-corrected chi connectivity index (χ1v) is 9.90. The van der Waals surface area contributed by atoms with E-state index in [0.717, 1.165) is 36.7 Å². The second-order valence-corrected chi connectivity index (χ2v) is 7.57. The summed E-state index contributed by atoms with van der Waals surface area (Å²) in [6, 6.07) is 8.24. The van der Waals surface area contributed by atoms with Gasteiger partial charge in [0, 0.05) is 6.54 Å². The smallest absolute Gasteiger partial charge is 0.234 e. The van der Waals surface area contributed by atoms with Crippen LogP contribution in [0, 0.1) is 5.92 Å². The number of ether oxygens (including phenoxy) is 1. The summed E-state index contributed by atoms with van der Waals surface area (Å²) in [6.07, 6.45) is 3.87. The molecule has 0 aromatic heterocycles. The van der Waals surface area contributed by atoms with Gasteiger partial charge in [-0.25, -0.2) is 0 Å². The van der Waals surface area contributed by atoms with E-state index in [1.165, 1.54) is 19.3 Å². The molecule has 0 unspecified atom stereocenters. The van der Waals surface area contributed by atoms with Crippen molar-refractivity contribution in [1.82, 2.24) is 15.5 Å². The van der Waals surface area contributed by atoms with Gasteiger partial charge in [-0.3, -0.25) is 9.69 Å². The van der Waals surface area contributed by atoms with Crippen LogP contribution in [-0.2, 0) is 22.7 Å². The first-order chi connectivity index (χ1) is 12.6. The maximum Gasteiger partial charge on any atom is 0.234 e. The predicted octanol–water partition coefficient (Wildman–Crippen LogP) is 2.97. The Morgan fingerprint density at radius 2 is 1.96 bits per heavy atom. The van der Waals surface area contributed by atoms with Crippen LogP contribution in [0.15, 0.2) is 24.3 Å². The number of halogens is 1. The molecular formula is C21H36ClN3O2. The maximum absolute atomic E-state index is 12.3. The van der Waals surface area contributed by atoms with Crippen molar-refractivity contribution in [2.75, 3.05) is 33.2 Å². The lowest BCUT2D eigenvalue weighted by Gasteiger charge is -2.31. The van der Waals surface area contributed by atoms with E-state index in [2.05, 4.69) is 27.7 Å². The topological polar surface area (TPSA) is 53.6 Å². The molecule has 2 N–H and O–H groups in total. The Balaban J connectivity index is 0.00000364. The Morgan fingerprint density at radius 3 is 2.63 bits per heavy atom. The minimum Gasteiger partial charge on any atom is -0.374 e. The molecule has 1 aromatic carbocycles. The van der Waals surface area contributed by atoms with Crippen LogP contribution in [-0.4, -0.2) is 50.1 Å². The van der Waals surface area contributed by atoms with E-state index in [9.17, 15) is 4.79 Å². The highest BCUT2D eigenvalue weighted by molar-refractivity contribution is 5.85. The molecule has 5 nitrogen and oxygen atoms in total. The van der Waals surface area contributed by atoms with Gasteiger partial charge in [0.15, 0.2) is 0 Å². The third kappa shape index (κ3) is 9.56. The van der Waals surface area contributed by atoms with Crippen molar-refractivity contribution >= 4 is 18.3 Å². The SMILES string of the molecule is CNCCC1CCN(CC(=O)NCc2cccc(COC(C)C)c2)CC1.Cl. The fourth-order valence-corrected chi connectivity index (χ4v) is 3.33. The highest BCUT2D eigenvalue weighted by Gasteiger charge is 2.20. The molecule has 1 saturated heterocycles. The average molecular weight is 398 g/mol. The first kappa shape index (κ1) is 23.9. The minimum atomic E-state index is 0. The fourth-order valence-electron chi connectivity index (χ4n) is 3.33. The molecule has 1 heterocycles. The van der Waals surface area contributed by atoms with E-state index < -0.39 is 0 Å². The van der Waals surface area contributed by atoms with Gasteiger partial charge in [0.05, 0.1) is 19.3 Å². The summed E-state index contributed by atoms with van der Waals surface area (Å²) < 4.78 is 5.64. The van der Waals surface area contributed by atoms with E-state index in [0.29, 0.717) is 19.7 Å². The van der Waals surface area contributed by atoms with Crippen LogP contribution in [0.2, 0.25) is 0 Å². The molecule has 0 radical (unpaired) electrons. The van der Waals surface area contributed by atoms with Crippen LogP contribution in [0.25, 0.3) is 0 Å². The normalized spacial score (nSPS) is 15.6. The molecule has 1 aromatic rings. The van der Waals surface area contributed by atoms with Crippen LogP contribution in [0.5, 0.6) is 0 Å². The quantitative estimate of drug-likeness (QED) is 0.637. The first-order valence-electron chi connectivity index (χ1n) is 9.90. The monoisotopic (exact) mass is 397 g/mol. The van der Waals surface area contributed by atoms with Crippen LogP contribution >= 0.6 is 12.4 Å². The predicted molar refractivity (Wildman–Crippen MR) is 113 cm³/mol. The van der Waals surface area contributed by atoms with Gasteiger partial charge in [-0.15, -0.1) is 12.4 Å². The van der Waals surface area contributed by atoms with Crippen molar-refractivity contribution in [3.8, 4) is 0 Å². The summed E-state index contributed by atoms with van der Waals surface area (Å²) in [5, 5.41) is 6.27. The molecule has 1 amide bonds. The number of carbonyl (C=O) groups excluding carboxylic acids is 1. The second kappa shape index (κ2) is 13.1. The van der Waals surface area contributed by atoms with Crippen molar-refractivity contribution in [2.45, 2.75) is 52.4 Å². The van der Waals surface area contributed by atoms with Gasteiger partial charge in [0.2, 0.25) is 5.91 Å². The largest absolute Gasteiger partial charge is 0.374 e. The number of carbonyl (C=O) groups is 1. The molecule has 0 bridgehead atoms. The van der Waals surface area contributed by atoms with E-state index >= 15 is 0 Å². The van der Waals surface area contributed by atoms with Gasteiger partial charge >= 0.3 is 0 Å². The summed E-state index contributed by atoms with van der Waals surface area (Å²) in [5.74, 6) is 0.917. The molecular weight excluding hydrogens is 362 g/mol. The number of rotatable bonds is 10. The number of piperidine rings is 1. The van der Waals surface area contributed by atoms with Gasteiger partial charge in [-0.1, -0.05) is 24.3 Å². The van der Waals surface area contributed by atoms with E-state index in [1.807, 2.05) is 33.0 Å². The van der Waals surface area contributed by atoms with Crippen molar-refractivity contribution in [2.24, 2.45) is 5.92 Å². The Labute approximate surface area is 170 Å². The lowest BCUT2D eigenvalue weighted by atomic mass is 9.93. The molecule has 6 heteroatoms. The molecule has 1 fully saturated rings. The zero-order valence-electron chi connectivity index (χ0n) is 17.0. The molecule has 0 spiro atoms. The lowest BCUT2D eigenvalue weighted by molar-refractivity contribution is -0.122. The number of nitrogens with one attached hydrogen (secondary N) is 2. The standard InChI is InChI=1S/C21H35N3O2.ClH/c1-17(2)26-16-20-6-4-5-19(13-20)14-23-21(25)15-24-11-8-18(9-12-24)7-10-22-3;/h4-6,13,17-18,22H,7-12,14-16H2,1-3H3,(H,23,25);1H. The number of nitrogens with zero attached hydrogens (tertiary/aromatic N) is 1. The molecule has 27 heavy (non-hydrogen) atoms. The van der Waals surface area contributed by atoms with Gasteiger partial charge in [-0.2, -0.15) is 0 Å². The number of likely N-dealkylation sites (tertiary alicyclic amines) is 1. The number of hydrogen-bond donors (Lipinski definition) is 2. The molecule has 2 rings (SSSR count). The van der Waals surface area contributed by atoms with Crippen molar-refractivity contribution in [1.29, 1.82) is 0 Å². The summed E-state index contributed by atoms with van der Waals surface area (Å²) in [4.78, 5) is 14.5. The Bertz CT molecular complexity index is 546. The van der Waals surface area contributed by atoms with Crippen LogP contribution < -0.4 is 10.6 Å². The van der Waals surface area contributed by atoms with E-state index in [1.54, 1.807) is 0 Å². The Hall–Kier alpha value is -1.14. The highest BCUT2D eigenvalue weighted by atomic mass is 35.5. The molecule has 154 valence electrons. The highest BCUT2D eigenvalue weighted by Crippen LogP contribution is 2.19. The third-order valence-corrected chi connectivity index (χ3v) is 4.94. The van der Waals surface area contributed by atoms with Crippen LogP contribution in [0.1, 0.15) is 44.2 Å². The van der Waals surface area contributed by atoms with E-state index in [-0.39, 0.29) is 24.4 Å². The van der Waals surface area contributed by atoms with Gasteiger partial charge in [0.1, 0.15) is 0 Å². The zero-order chi connectivity index (χ0) is 18.8. The van der Waals surface area contributed by atoms with Gasteiger partial charge in [0.25, 0.3) is 0 Å². The van der Waals surface area contributed by atoms with Crippen molar-refractivity contribution in [3.05, 3.63) is 35.4 Å². The minimum absolute atomic E-state index is 0. The Kier molecular flexibility index (Phi) is 11.6. The average Bonchev–Trinajstić information content (AvgIpc) is 2.64. The van der Waals surface area contributed by atoms with Crippen molar-refractivity contribution < 1.29 is 9.53 Å². The van der Waals surface area contributed by atoms with Crippen LogP contribution in [0.3, 0.4) is 0 Å². The third-order valence-electron chi connectivity index (χ3n) is 4.94. The lowest BCUT2D eigenvalue weighted by Crippen LogP contribution is -2.41. The van der Waals surface area contributed by atoms with Gasteiger partial charge in [-0.05, 0) is 76.8 Å². The molecule has 1 aliphatic rings. The van der Waals surface area contributed by atoms with Gasteiger partial charge < -0.3 is 15.4 Å². The van der Waals surface area contributed by atoms with E-state index in [4.69, 9.17) is 4.74 Å². The summed E-state index contributed by atoms with van der Waals surface area (Å²) in [6.45, 7) is 8.92. The number of benzene rings is 1. The van der Waals surface area contributed by atoms with Crippen LogP contribution in [0.4, 0.5) is 0 Å². The number of amides is 1. The molecule has 1 aliphatic heterocycles. The second-order valence-electron chi connectivity index (χ2n) is 7.57. The van der Waals surface area contributed by atoms with Crippen molar-refractivity contribution in [3.63, 3.8) is 0 Å². The zero-order valence-corrected chi connectivity index (χ0v) is 17.8. The Morgan fingerprint density at radius 1 is 1.26 bits per heavy atom. The maximum atomic E-state index is 12.3. The summed E-state index contributed by atoms with van der Waals surface area (Å²) in [5.41, 5.74) is 2.27. The molecule has 0 atom stereocenters. The summed E-state index contributed by atoms with van der Waals surface area (Å²) in [7, 11) is 2.01. The molecule has 0 saturated carbocycles. The number of hydrogen-bond acceptors (Lipinski definition) is 4. The fraction of sp³-hybridized carbons (Fsp3) is 0.667.